The highest BCUT2D eigenvalue weighted by Crippen LogP contribution is 2.49. The maximum absolute atomic E-state index is 2.44. The predicted octanol–water partition coefficient (Wildman–Crippen LogP) is 7.81. The molecule has 0 spiro atoms. The van der Waals surface area contributed by atoms with Gasteiger partial charge in [0.1, 0.15) is 0 Å². The molecule has 1 aliphatic rings. The van der Waals surface area contributed by atoms with Gasteiger partial charge in [0.15, 0.2) is 0 Å². The minimum Gasteiger partial charge on any atom is -0.0622 e. The Balaban J connectivity index is 1.49. The highest BCUT2D eigenvalue weighted by molar-refractivity contribution is 5.81. The molecule has 0 saturated carbocycles. The van der Waals surface area contributed by atoms with E-state index >= 15 is 0 Å². The first-order valence-corrected chi connectivity index (χ1v) is 10.5. The zero-order valence-corrected chi connectivity index (χ0v) is 17.3. The Labute approximate surface area is 173 Å². The first kappa shape index (κ1) is 17.9. The molecule has 0 aliphatic heterocycles. The third-order valence-corrected chi connectivity index (χ3v) is 6.63. The minimum atomic E-state index is 0.0544. The van der Waals surface area contributed by atoms with Crippen LogP contribution >= 0.6 is 0 Å². The molecule has 0 fully saturated rings. The Hall–Kier alpha value is -3.12. The zero-order chi connectivity index (χ0) is 20.0. The maximum Gasteiger partial charge on any atom is 0.0158 e. The molecule has 4 aromatic rings. The zero-order valence-electron chi connectivity index (χ0n) is 17.3. The van der Waals surface area contributed by atoms with Crippen molar-refractivity contribution in [1.29, 1.82) is 0 Å². The molecule has 0 bridgehead atoms. The van der Waals surface area contributed by atoms with Crippen LogP contribution in [0.25, 0.3) is 22.3 Å². The van der Waals surface area contributed by atoms with Gasteiger partial charge < -0.3 is 0 Å². The van der Waals surface area contributed by atoms with Gasteiger partial charge in [-0.1, -0.05) is 118 Å². The third-order valence-electron chi connectivity index (χ3n) is 6.63. The summed E-state index contributed by atoms with van der Waals surface area (Å²) in [4.78, 5) is 0. The molecule has 0 aromatic heterocycles. The molecule has 5 rings (SSSR count). The van der Waals surface area contributed by atoms with Crippen LogP contribution < -0.4 is 0 Å². The summed E-state index contributed by atoms with van der Waals surface area (Å²) in [5.41, 5.74) is 11.0. The van der Waals surface area contributed by atoms with Gasteiger partial charge in [-0.15, -0.1) is 0 Å². The molecule has 1 aliphatic carbocycles. The Morgan fingerprint density at radius 2 is 1.14 bits per heavy atom. The quantitative estimate of drug-likeness (QED) is 0.343. The van der Waals surface area contributed by atoms with Gasteiger partial charge in [0.25, 0.3) is 0 Å². The summed E-state index contributed by atoms with van der Waals surface area (Å²) in [6.45, 7) is 7.01. The van der Waals surface area contributed by atoms with Crippen LogP contribution in [0.5, 0.6) is 0 Å². The molecule has 0 saturated heterocycles. The van der Waals surface area contributed by atoms with Crippen LogP contribution in [-0.2, 0) is 5.41 Å². The first-order chi connectivity index (χ1) is 14.1. The summed E-state index contributed by atoms with van der Waals surface area (Å²) >= 11 is 0. The van der Waals surface area contributed by atoms with E-state index in [1.807, 2.05) is 0 Å². The Morgan fingerprint density at radius 3 is 1.90 bits per heavy atom. The van der Waals surface area contributed by atoms with Crippen molar-refractivity contribution in [3.8, 4) is 22.3 Å². The molecule has 4 aromatic carbocycles. The van der Waals surface area contributed by atoms with Gasteiger partial charge in [0.2, 0.25) is 0 Å². The smallest absolute Gasteiger partial charge is 0.0158 e. The van der Waals surface area contributed by atoms with Crippen molar-refractivity contribution in [2.45, 2.75) is 32.1 Å². The van der Waals surface area contributed by atoms with Crippen LogP contribution in [0.15, 0.2) is 97.1 Å². The Bertz CT molecular complexity index is 1160. The van der Waals surface area contributed by atoms with E-state index in [-0.39, 0.29) is 5.41 Å². The molecule has 0 N–H and O–H groups in total. The van der Waals surface area contributed by atoms with E-state index < -0.39 is 0 Å². The standard InChI is InChI=1S/C29H26/c1-20(21-13-15-23(16-14-21)22-9-5-4-6-10-22)24-17-18-26-25-11-7-8-12-27(25)29(2,3)28(26)19-24/h4-20H,1-3H3. The van der Waals surface area contributed by atoms with Crippen molar-refractivity contribution in [3.63, 3.8) is 0 Å². The monoisotopic (exact) mass is 374 g/mol. The maximum atomic E-state index is 2.44. The number of hydrogen-bond acceptors (Lipinski definition) is 0. The van der Waals surface area contributed by atoms with Crippen LogP contribution in [0.3, 0.4) is 0 Å². The summed E-state index contributed by atoms with van der Waals surface area (Å²) in [6.07, 6.45) is 0. The lowest BCUT2D eigenvalue weighted by Crippen LogP contribution is -2.15. The van der Waals surface area contributed by atoms with Crippen molar-refractivity contribution in [2.24, 2.45) is 0 Å². The summed E-state index contributed by atoms with van der Waals surface area (Å²) < 4.78 is 0. The van der Waals surface area contributed by atoms with Crippen molar-refractivity contribution in [1.82, 2.24) is 0 Å². The second-order valence-electron chi connectivity index (χ2n) is 8.69. The largest absolute Gasteiger partial charge is 0.0622 e. The number of fused-ring (bicyclic) bond motifs is 3. The second-order valence-corrected chi connectivity index (χ2v) is 8.69. The summed E-state index contributed by atoms with van der Waals surface area (Å²) in [6, 6.07) is 35.5. The molecule has 1 unspecified atom stereocenters. The number of rotatable bonds is 3. The SMILES string of the molecule is CC(c1ccc(-c2ccccc2)cc1)c1ccc2c(c1)C(C)(C)c1ccccc1-2. The minimum absolute atomic E-state index is 0.0544. The van der Waals surface area contributed by atoms with Crippen molar-refractivity contribution >= 4 is 0 Å². The topological polar surface area (TPSA) is 0 Å². The lowest BCUT2D eigenvalue weighted by Gasteiger charge is -2.23. The average Bonchev–Trinajstić information content (AvgIpc) is 3.01. The fourth-order valence-corrected chi connectivity index (χ4v) is 4.78. The number of hydrogen-bond donors (Lipinski definition) is 0. The van der Waals surface area contributed by atoms with Gasteiger partial charge in [-0.25, -0.2) is 0 Å². The first-order valence-electron chi connectivity index (χ1n) is 10.5. The Morgan fingerprint density at radius 1 is 0.552 bits per heavy atom. The van der Waals surface area contributed by atoms with E-state index in [0.717, 1.165) is 0 Å². The molecule has 0 heterocycles. The normalized spacial score (nSPS) is 14.9. The highest BCUT2D eigenvalue weighted by atomic mass is 14.4. The average molecular weight is 375 g/mol. The van der Waals surface area contributed by atoms with Crippen molar-refractivity contribution in [3.05, 3.63) is 119 Å². The van der Waals surface area contributed by atoms with E-state index in [1.54, 1.807) is 0 Å². The van der Waals surface area contributed by atoms with Gasteiger partial charge in [0.05, 0.1) is 0 Å². The lowest BCUT2D eigenvalue weighted by molar-refractivity contribution is 0.658. The van der Waals surface area contributed by atoms with E-state index in [0.29, 0.717) is 5.92 Å². The second kappa shape index (κ2) is 6.74. The van der Waals surface area contributed by atoms with E-state index in [4.69, 9.17) is 0 Å². The van der Waals surface area contributed by atoms with Crippen LogP contribution in [-0.4, -0.2) is 0 Å². The molecule has 29 heavy (non-hydrogen) atoms. The van der Waals surface area contributed by atoms with Gasteiger partial charge >= 0.3 is 0 Å². The summed E-state index contributed by atoms with van der Waals surface area (Å²) in [7, 11) is 0. The molecule has 0 heteroatoms. The number of benzene rings is 4. The summed E-state index contributed by atoms with van der Waals surface area (Å²) in [5, 5.41) is 0. The molecular formula is C29H26. The fraction of sp³-hybridized carbons (Fsp3) is 0.172. The molecule has 0 radical (unpaired) electrons. The van der Waals surface area contributed by atoms with E-state index in [2.05, 4.69) is 118 Å². The molecule has 0 amide bonds. The van der Waals surface area contributed by atoms with Gasteiger partial charge in [-0.2, -0.15) is 0 Å². The van der Waals surface area contributed by atoms with Crippen LogP contribution in [0.1, 0.15) is 48.9 Å². The Kier molecular flexibility index (Phi) is 4.17. The fourth-order valence-electron chi connectivity index (χ4n) is 4.78. The van der Waals surface area contributed by atoms with Crippen molar-refractivity contribution in [2.75, 3.05) is 0 Å². The molecular weight excluding hydrogens is 348 g/mol. The van der Waals surface area contributed by atoms with Crippen LogP contribution in [0.2, 0.25) is 0 Å². The van der Waals surface area contributed by atoms with Gasteiger partial charge in [-0.05, 0) is 44.5 Å². The van der Waals surface area contributed by atoms with E-state index in [1.165, 1.54) is 44.5 Å². The lowest BCUT2D eigenvalue weighted by atomic mass is 9.80. The van der Waals surface area contributed by atoms with Crippen LogP contribution in [0.4, 0.5) is 0 Å². The van der Waals surface area contributed by atoms with E-state index in [9.17, 15) is 0 Å². The van der Waals surface area contributed by atoms with Crippen molar-refractivity contribution < 1.29 is 0 Å². The van der Waals surface area contributed by atoms with Gasteiger partial charge in [-0.3, -0.25) is 0 Å². The molecule has 142 valence electrons. The highest BCUT2D eigenvalue weighted by Gasteiger charge is 2.35. The molecule has 0 nitrogen and oxygen atoms in total. The third kappa shape index (κ3) is 2.91. The van der Waals surface area contributed by atoms with Crippen LogP contribution in [0, 0.1) is 0 Å². The molecule has 1 atom stereocenters. The summed E-state index contributed by atoms with van der Waals surface area (Å²) in [5.74, 6) is 0.365. The predicted molar refractivity (Wildman–Crippen MR) is 123 cm³/mol. The van der Waals surface area contributed by atoms with Gasteiger partial charge in [0, 0.05) is 11.3 Å².